The van der Waals surface area contributed by atoms with Crippen LogP contribution in [0.3, 0.4) is 0 Å². The maximum atomic E-state index is 12.2. The fourth-order valence-corrected chi connectivity index (χ4v) is 3.52. The molecule has 7 nitrogen and oxygen atoms in total. The summed E-state index contributed by atoms with van der Waals surface area (Å²) >= 11 is 0. The molecule has 0 aliphatic rings. The van der Waals surface area contributed by atoms with E-state index in [4.69, 9.17) is 0 Å². The highest BCUT2D eigenvalue weighted by Crippen LogP contribution is 2.27. The van der Waals surface area contributed by atoms with E-state index in [0.717, 1.165) is 39.2 Å². The van der Waals surface area contributed by atoms with Crippen LogP contribution < -0.4 is 10.6 Å². The molecule has 0 saturated carbocycles. The second-order valence-electron chi connectivity index (χ2n) is 7.44. The number of fused-ring (bicyclic) bond motifs is 1. The van der Waals surface area contributed by atoms with Gasteiger partial charge < -0.3 is 10.6 Å². The van der Waals surface area contributed by atoms with Crippen molar-refractivity contribution in [3.63, 3.8) is 0 Å². The summed E-state index contributed by atoms with van der Waals surface area (Å²) in [4.78, 5) is 29.8. The van der Waals surface area contributed by atoms with E-state index >= 15 is 0 Å². The molecule has 7 heteroatoms. The van der Waals surface area contributed by atoms with Gasteiger partial charge >= 0.3 is 0 Å². The number of amides is 1. The standard InChI is InChI=1S/C24H24N6O/c1-15(18-8-9-20(24(31)25-3)19-5-4-10-26-23(18)19)12-28-22-11-21(29-14-30-22)17-7-6-16(2)27-13-17/h4-11,13-15H,12H2,1-3H3,(H,25,31)(H,28,29,30)/t15-/m1/s1. The van der Waals surface area contributed by atoms with E-state index in [-0.39, 0.29) is 11.8 Å². The molecule has 0 fully saturated rings. The fraction of sp³-hybridized carbons (Fsp3) is 0.208. The molecule has 0 saturated heterocycles. The van der Waals surface area contributed by atoms with Crippen molar-refractivity contribution in [1.29, 1.82) is 0 Å². The Morgan fingerprint density at radius 2 is 1.94 bits per heavy atom. The Hall–Kier alpha value is -3.87. The van der Waals surface area contributed by atoms with Crippen molar-refractivity contribution in [1.82, 2.24) is 25.3 Å². The third-order valence-electron chi connectivity index (χ3n) is 5.27. The topological polar surface area (TPSA) is 92.7 Å². The van der Waals surface area contributed by atoms with Gasteiger partial charge in [0.25, 0.3) is 5.91 Å². The molecular formula is C24H24N6O. The Kier molecular flexibility index (Phi) is 5.84. The molecule has 0 aliphatic carbocycles. The predicted octanol–water partition coefficient (Wildman–Crippen LogP) is 3.97. The van der Waals surface area contributed by atoms with Crippen molar-refractivity contribution >= 4 is 22.6 Å². The number of nitrogens with zero attached hydrogens (tertiary/aromatic N) is 4. The number of hydrogen-bond acceptors (Lipinski definition) is 6. The van der Waals surface area contributed by atoms with Crippen molar-refractivity contribution in [2.45, 2.75) is 19.8 Å². The molecule has 0 bridgehead atoms. The second kappa shape index (κ2) is 8.87. The zero-order valence-electron chi connectivity index (χ0n) is 17.8. The van der Waals surface area contributed by atoms with Gasteiger partial charge in [0.05, 0.1) is 11.2 Å². The Morgan fingerprint density at radius 3 is 2.71 bits per heavy atom. The minimum Gasteiger partial charge on any atom is -0.369 e. The monoisotopic (exact) mass is 412 g/mol. The summed E-state index contributed by atoms with van der Waals surface area (Å²) in [6.45, 7) is 4.74. The van der Waals surface area contributed by atoms with Crippen LogP contribution in [0, 0.1) is 6.92 Å². The van der Waals surface area contributed by atoms with E-state index in [0.29, 0.717) is 12.1 Å². The summed E-state index contributed by atoms with van der Waals surface area (Å²) in [6.07, 6.45) is 5.12. The van der Waals surface area contributed by atoms with Gasteiger partial charge in [-0.2, -0.15) is 0 Å². The SMILES string of the molecule is CNC(=O)c1ccc([C@H](C)CNc2cc(-c3ccc(C)nc3)ncn2)c2ncccc12. The molecular weight excluding hydrogens is 388 g/mol. The number of aryl methyl sites for hydroxylation is 1. The first-order chi connectivity index (χ1) is 15.1. The molecule has 1 amide bonds. The zero-order valence-corrected chi connectivity index (χ0v) is 17.8. The van der Waals surface area contributed by atoms with Gasteiger partial charge in [0.1, 0.15) is 12.1 Å². The van der Waals surface area contributed by atoms with Crippen LogP contribution in [0.5, 0.6) is 0 Å². The third kappa shape index (κ3) is 4.35. The number of aromatic nitrogens is 4. The molecule has 0 aliphatic heterocycles. The molecule has 4 aromatic rings. The number of carbonyl (C=O) groups excluding carboxylic acids is 1. The van der Waals surface area contributed by atoms with Gasteiger partial charge in [-0.25, -0.2) is 9.97 Å². The smallest absolute Gasteiger partial charge is 0.251 e. The summed E-state index contributed by atoms with van der Waals surface area (Å²) in [6, 6.07) is 13.5. The number of nitrogens with one attached hydrogen (secondary N) is 2. The van der Waals surface area contributed by atoms with E-state index in [9.17, 15) is 4.79 Å². The highest BCUT2D eigenvalue weighted by atomic mass is 16.1. The van der Waals surface area contributed by atoms with Crippen LogP contribution in [-0.2, 0) is 0 Å². The van der Waals surface area contributed by atoms with Crippen LogP contribution in [-0.4, -0.2) is 39.4 Å². The Bertz CT molecular complexity index is 1220. The van der Waals surface area contributed by atoms with Crippen molar-refractivity contribution < 1.29 is 4.79 Å². The maximum Gasteiger partial charge on any atom is 0.251 e. The van der Waals surface area contributed by atoms with Crippen LogP contribution in [0.15, 0.2) is 61.2 Å². The van der Waals surface area contributed by atoms with Gasteiger partial charge in [-0.15, -0.1) is 0 Å². The fourth-order valence-electron chi connectivity index (χ4n) is 3.52. The predicted molar refractivity (Wildman–Crippen MR) is 122 cm³/mol. The molecule has 4 rings (SSSR count). The second-order valence-corrected chi connectivity index (χ2v) is 7.44. The number of benzene rings is 1. The van der Waals surface area contributed by atoms with Crippen LogP contribution in [0.4, 0.5) is 5.82 Å². The minimum absolute atomic E-state index is 0.116. The maximum absolute atomic E-state index is 12.2. The van der Waals surface area contributed by atoms with Crippen molar-refractivity contribution in [2.24, 2.45) is 0 Å². The van der Waals surface area contributed by atoms with Crippen LogP contribution in [0.25, 0.3) is 22.2 Å². The first kappa shape index (κ1) is 20.4. The summed E-state index contributed by atoms with van der Waals surface area (Å²) in [5, 5.41) is 6.94. The van der Waals surface area contributed by atoms with Crippen molar-refractivity contribution in [3.05, 3.63) is 78.0 Å². The summed E-state index contributed by atoms with van der Waals surface area (Å²) in [7, 11) is 1.63. The van der Waals surface area contributed by atoms with E-state index in [2.05, 4.69) is 37.5 Å². The first-order valence-corrected chi connectivity index (χ1v) is 10.2. The molecule has 31 heavy (non-hydrogen) atoms. The summed E-state index contributed by atoms with van der Waals surface area (Å²) in [5.41, 5.74) is 5.28. The summed E-state index contributed by atoms with van der Waals surface area (Å²) in [5.74, 6) is 0.779. The van der Waals surface area contributed by atoms with Gasteiger partial charge in [-0.05, 0) is 36.8 Å². The van der Waals surface area contributed by atoms with Crippen molar-refractivity contribution in [2.75, 3.05) is 18.9 Å². The minimum atomic E-state index is -0.116. The molecule has 0 spiro atoms. The van der Waals surface area contributed by atoms with E-state index in [1.54, 1.807) is 19.6 Å². The third-order valence-corrected chi connectivity index (χ3v) is 5.27. The Labute approximate surface area is 181 Å². The Balaban J connectivity index is 1.55. The van der Waals surface area contributed by atoms with E-state index in [1.165, 1.54) is 0 Å². The van der Waals surface area contributed by atoms with Gasteiger partial charge in [0, 0.05) is 60.2 Å². The van der Waals surface area contributed by atoms with Gasteiger partial charge in [-0.1, -0.05) is 19.1 Å². The number of carbonyl (C=O) groups is 1. The Morgan fingerprint density at radius 1 is 1.06 bits per heavy atom. The summed E-state index contributed by atoms with van der Waals surface area (Å²) < 4.78 is 0. The van der Waals surface area contributed by atoms with Crippen LogP contribution in [0.1, 0.15) is 34.5 Å². The van der Waals surface area contributed by atoms with Gasteiger partial charge in [0.2, 0.25) is 0 Å². The highest BCUT2D eigenvalue weighted by molar-refractivity contribution is 6.06. The molecule has 3 heterocycles. The number of pyridine rings is 2. The quantitative estimate of drug-likeness (QED) is 0.498. The average Bonchev–Trinajstić information content (AvgIpc) is 2.82. The molecule has 2 N–H and O–H groups in total. The molecule has 3 aromatic heterocycles. The first-order valence-electron chi connectivity index (χ1n) is 10.2. The lowest BCUT2D eigenvalue weighted by molar-refractivity contribution is 0.0964. The van der Waals surface area contributed by atoms with E-state index < -0.39 is 0 Å². The lowest BCUT2D eigenvalue weighted by Crippen LogP contribution is -2.19. The number of hydrogen-bond donors (Lipinski definition) is 2. The number of rotatable bonds is 6. The molecule has 0 radical (unpaired) electrons. The van der Waals surface area contributed by atoms with Crippen LogP contribution in [0.2, 0.25) is 0 Å². The largest absolute Gasteiger partial charge is 0.369 e. The average molecular weight is 412 g/mol. The lowest BCUT2D eigenvalue weighted by atomic mass is 9.95. The highest BCUT2D eigenvalue weighted by Gasteiger charge is 2.16. The molecule has 1 aromatic carbocycles. The number of anilines is 1. The van der Waals surface area contributed by atoms with E-state index in [1.807, 2.05) is 55.6 Å². The normalized spacial score (nSPS) is 11.8. The molecule has 0 unspecified atom stereocenters. The van der Waals surface area contributed by atoms with Gasteiger partial charge in [0.15, 0.2) is 0 Å². The van der Waals surface area contributed by atoms with Gasteiger partial charge in [-0.3, -0.25) is 14.8 Å². The molecule has 156 valence electrons. The zero-order chi connectivity index (χ0) is 21.8. The van der Waals surface area contributed by atoms with Crippen LogP contribution >= 0.6 is 0 Å². The molecule has 1 atom stereocenters. The van der Waals surface area contributed by atoms with Crippen molar-refractivity contribution in [3.8, 4) is 11.3 Å². The lowest BCUT2D eigenvalue weighted by Gasteiger charge is -2.17.